The molecule has 4 heteroatoms. The average Bonchev–Trinajstić information content (AvgIpc) is 2.97. The van der Waals surface area contributed by atoms with Crippen molar-refractivity contribution in [2.45, 2.75) is 37.6 Å². The first-order valence-electron chi connectivity index (χ1n) is 6.77. The van der Waals surface area contributed by atoms with Crippen LogP contribution in [0.2, 0.25) is 0 Å². The number of aromatic nitrogens is 3. The Bertz CT molecular complexity index is 576. The molecule has 0 radical (unpaired) electrons. The van der Waals surface area contributed by atoms with Crippen molar-refractivity contribution in [1.29, 1.82) is 0 Å². The first-order valence-corrected chi connectivity index (χ1v) is 7.68. The fourth-order valence-corrected chi connectivity index (χ4v) is 3.71. The summed E-state index contributed by atoms with van der Waals surface area (Å²) in [7, 11) is 0. The summed E-state index contributed by atoms with van der Waals surface area (Å²) in [5, 5.41) is 4.32. The highest BCUT2D eigenvalue weighted by atomic mass is 79.9. The molecule has 0 saturated carbocycles. The van der Waals surface area contributed by atoms with E-state index in [0.29, 0.717) is 16.8 Å². The van der Waals surface area contributed by atoms with Gasteiger partial charge in [0.05, 0.1) is 0 Å². The molecule has 0 N–H and O–H groups in total. The van der Waals surface area contributed by atoms with Crippen LogP contribution in [0.15, 0.2) is 30.6 Å². The quantitative estimate of drug-likeness (QED) is 0.807. The number of alkyl halides is 1. The van der Waals surface area contributed by atoms with Crippen LogP contribution in [0, 0.1) is 5.92 Å². The second kappa shape index (κ2) is 5.08. The topological polar surface area (TPSA) is 30.7 Å². The molecule has 2 unspecified atom stereocenters. The summed E-state index contributed by atoms with van der Waals surface area (Å²) in [6.07, 6.45) is 3.76. The molecule has 1 aromatic heterocycles. The number of fused-ring (bicyclic) bond motifs is 1. The zero-order valence-corrected chi connectivity index (χ0v) is 12.8. The van der Waals surface area contributed by atoms with Crippen LogP contribution >= 0.6 is 15.9 Å². The third kappa shape index (κ3) is 2.34. The van der Waals surface area contributed by atoms with E-state index in [-0.39, 0.29) is 0 Å². The minimum Gasteiger partial charge on any atom is -0.248 e. The zero-order valence-electron chi connectivity index (χ0n) is 11.3. The fraction of sp³-hybridized carbons (Fsp3) is 0.467. The van der Waals surface area contributed by atoms with Gasteiger partial charge in [0.15, 0.2) is 0 Å². The number of hydrogen-bond acceptors (Lipinski definition) is 2. The van der Waals surface area contributed by atoms with E-state index in [4.69, 9.17) is 0 Å². The molecule has 0 bridgehead atoms. The van der Waals surface area contributed by atoms with E-state index >= 15 is 0 Å². The van der Waals surface area contributed by atoms with Gasteiger partial charge in [0.2, 0.25) is 0 Å². The second-order valence-electron chi connectivity index (χ2n) is 5.48. The molecule has 0 amide bonds. The first-order chi connectivity index (χ1) is 9.16. The molecule has 0 fully saturated rings. The molecule has 1 aliphatic carbocycles. The molecule has 3 nitrogen and oxygen atoms in total. The predicted molar refractivity (Wildman–Crippen MR) is 79.4 cm³/mol. The standard InChI is InChI=1S/C15H18BrN3/c1-10(2)19-14(17-9-18-19)8-12-7-11-5-3-4-6-13(11)15(12)16/h3-6,9-10,12,15H,7-8H2,1-2H3. The van der Waals surface area contributed by atoms with Crippen LogP contribution in [0.1, 0.15) is 41.7 Å². The molecule has 1 aliphatic rings. The molecular weight excluding hydrogens is 302 g/mol. The van der Waals surface area contributed by atoms with Gasteiger partial charge in [-0.2, -0.15) is 5.10 Å². The SMILES string of the molecule is CC(C)n1ncnc1CC1Cc2ccccc2C1Br. The largest absolute Gasteiger partial charge is 0.248 e. The lowest BCUT2D eigenvalue weighted by Gasteiger charge is -2.16. The zero-order chi connectivity index (χ0) is 13.4. The van der Waals surface area contributed by atoms with Crippen LogP contribution in [0.4, 0.5) is 0 Å². The normalized spacial score (nSPS) is 21.9. The summed E-state index contributed by atoms with van der Waals surface area (Å²) in [6, 6.07) is 9.07. The minimum absolute atomic E-state index is 0.370. The number of hydrogen-bond donors (Lipinski definition) is 0. The van der Waals surface area contributed by atoms with Crippen LogP contribution in [-0.4, -0.2) is 14.8 Å². The Labute approximate surface area is 122 Å². The molecule has 3 rings (SSSR count). The first kappa shape index (κ1) is 12.9. The van der Waals surface area contributed by atoms with Gasteiger partial charge in [-0.05, 0) is 37.3 Å². The Hall–Kier alpha value is -1.16. The molecule has 0 aliphatic heterocycles. The molecular formula is C15H18BrN3. The Kier molecular flexibility index (Phi) is 3.44. The maximum atomic E-state index is 4.43. The summed E-state index contributed by atoms with van der Waals surface area (Å²) in [5.74, 6) is 1.66. The lowest BCUT2D eigenvalue weighted by atomic mass is 10.0. The van der Waals surface area contributed by atoms with Gasteiger partial charge >= 0.3 is 0 Å². The van der Waals surface area contributed by atoms with Crippen LogP contribution in [0.3, 0.4) is 0 Å². The van der Waals surface area contributed by atoms with Gasteiger partial charge in [0.25, 0.3) is 0 Å². The number of benzene rings is 1. The second-order valence-corrected chi connectivity index (χ2v) is 6.47. The molecule has 0 spiro atoms. The van der Waals surface area contributed by atoms with Gasteiger partial charge < -0.3 is 0 Å². The highest BCUT2D eigenvalue weighted by Crippen LogP contribution is 2.43. The average molecular weight is 320 g/mol. The Balaban J connectivity index is 1.81. The van der Waals surface area contributed by atoms with Gasteiger partial charge in [-0.15, -0.1) is 0 Å². The molecule has 0 saturated heterocycles. The van der Waals surface area contributed by atoms with Gasteiger partial charge in [-0.3, -0.25) is 0 Å². The van der Waals surface area contributed by atoms with Crippen molar-refractivity contribution in [1.82, 2.24) is 14.8 Å². The van der Waals surface area contributed by atoms with Crippen LogP contribution in [-0.2, 0) is 12.8 Å². The maximum Gasteiger partial charge on any atom is 0.138 e. The lowest BCUT2D eigenvalue weighted by molar-refractivity contribution is 0.463. The number of rotatable bonds is 3. The summed E-state index contributed by atoms with van der Waals surface area (Å²) in [6.45, 7) is 4.29. The van der Waals surface area contributed by atoms with Crippen LogP contribution in [0.5, 0.6) is 0 Å². The Morgan fingerprint density at radius 1 is 1.37 bits per heavy atom. The Morgan fingerprint density at radius 3 is 2.89 bits per heavy atom. The predicted octanol–water partition coefficient (Wildman–Crippen LogP) is 3.71. The van der Waals surface area contributed by atoms with E-state index in [2.05, 4.69) is 64.1 Å². The van der Waals surface area contributed by atoms with Crippen molar-refractivity contribution in [3.63, 3.8) is 0 Å². The minimum atomic E-state index is 0.370. The molecule has 1 aromatic carbocycles. The van der Waals surface area contributed by atoms with Gasteiger partial charge in [-0.25, -0.2) is 9.67 Å². The van der Waals surface area contributed by atoms with E-state index < -0.39 is 0 Å². The van der Waals surface area contributed by atoms with Crippen LogP contribution in [0.25, 0.3) is 0 Å². The Morgan fingerprint density at radius 2 is 2.16 bits per heavy atom. The molecule has 100 valence electrons. The van der Waals surface area contributed by atoms with Crippen molar-refractivity contribution in [2.24, 2.45) is 5.92 Å². The number of halogens is 1. The van der Waals surface area contributed by atoms with Crippen molar-refractivity contribution in [2.75, 3.05) is 0 Å². The van der Waals surface area contributed by atoms with E-state index in [1.807, 2.05) is 4.68 Å². The number of nitrogens with zero attached hydrogens (tertiary/aromatic N) is 3. The van der Waals surface area contributed by atoms with Crippen molar-refractivity contribution >= 4 is 15.9 Å². The third-order valence-electron chi connectivity index (χ3n) is 3.83. The van der Waals surface area contributed by atoms with Gasteiger partial charge in [0, 0.05) is 17.3 Å². The van der Waals surface area contributed by atoms with E-state index in [0.717, 1.165) is 18.7 Å². The fourth-order valence-electron chi connectivity index (χ4n) is 2.89. The lowest BCUT2D eigenvalue weighted by Crippen LogP contribution is -2.14. The monoisotopic (exact) mass is 319 g/mol. The summed E-state index contributed by atoms with van der Waals surface area (Å²) in [5.41, 5.74) is 2.90. The van der Waals surface area contributed by atoms with E-state index in [1.54, 1.807) is 6.33 Å². The van der Waals surface area contributed by atoms with E-state index in [1.165, 1.54) is 11.1 Å². The van der Waals surface area contributed by atoms with Crippen molar-refractivity contribution in [3.8, 4) is 0 Å². The van der Waals surface area contributed by atoms with E-state index in [9.17, 15) is 0 Å². The maximum absolute atomic E-state index is 4.43. The molecule has 1 heterocycles. The molecule has 19 heavy (non-hydrogen) atoms. The third-order valence-corrected chi connectivity index (χ3v) is 5.07. The van der Waals surface area contributed by atoms with Crippen molar-refractivity contribution < 1.29 is 0 Å². The molecule has 2 atom stereocenters. The summed E-state index contributed by atoms with van der Waals surface area (Å²) < 4.78 is 2.03. The van der Waals surface area contributed by atoms with Gasteiger partial charge in [0.1, 0.15) is 12.2 Å². The van der Waals surface area contributed by atoms with Crippen LogP contribution < -0.4 is 0 Å². The van der Waals surface area contributed by atoms with Crippen molar-refractivity contribution in [3.05, 3.63) is 47.5 Å². The summed E-state index contributed by atoms with van der Waals surface area (Å²) in [4.78, 5) is 4.86. The van der Waals surface area contributed by atoms with Gasteiger partial charge in [-0.1, -0.05) is 40.2 Å². The smallest absolute Gasteiger partial charge is 0.138 e. The highest BCUT2D eigenvalue weighted by molar-refractivity contribution is 9.09. The molecule has 2 aromatic rings. The highest BCUT2D eigenvalue weighted by Gasteiger charge is 2.31. The summed E-state index contributed by atoms with van der Waals surface area (Å²) >= 11 is 3.85.